The predicted octanol–water partition coefficient (Wildman–Crippen LogP) is 4.04. The summed E-state index contributed by atoms with van der Waals surface area (Å²) in [5.41, 5.74) is 1.39. The van der Waals surface area contributed by atoms with Crippen LogP contribution >= 0.6 is 23.2 Å². The molecular formula is C14H12Cl2N2O. The Morgan fingerprint density at radius 1 is 1.00 bits per heavy atom. The molecule has 98 valence electrons. The molecule has 3 nitrogen and oxygen atoms in total. The summed E-state index contributed by atoms with van der Waals surface area (Å²) in [5, 5.41) is 6.47. The van der Waals surface area contributed by atoms with Crippen molar-refractivity contribution in [3.8, 4) is 0 Å². The van der Waals surface area contributed by atoms with Gasteiger partial charge in [-0.25, -0.2) is 0 Å². The van der Waals surface area contributed by atoms with E-state index in [0.717, 1.165) is 5.69 Å². The molecule has 0 saturated carbocycles. The molecule has 2 aromatic rings. The fraction of sp³-hybridized carbons (Fsp3) is 0.0714. The minimum atomic E-state index is -0.187. The van der Waals surface area contributed by atoms with Crippen LogP contribution < -0.4 is 10.6 Å². The smallest absolute Gasteiger partial charge is 0.243 e. The number of anilines is 2. The van der Waals surface area contributed by atoms with Gasteiger partial charge < -0.3 is 10.6 Å². The second kappa shape index (κ2) is 6.45. The summed E-state index contributed by atoms with van der Waals surface area (Å²) in [6, 6.07) is 14.6. The normalized spacial score (nSPS) is 10.0. The van der Waals surface area contributed by atoms with Crippen LogP contribution in [0.4, 0.5) is 11.4 Å². The molecule has 0 bridgehead atoms. The average Bonchev–Trinajstić information content (AvgIpc) is 2.43. The Hall–Kier alpha value is -1.71. The number of hydrogen-bond donors (Lipinski definition) is 2. The lowest BCUT2D eigenvalue weighted by Gasteiger charge is -2.09. The Morgan fingerprint density at radius 2 is 1.74 bits per heavy atom. The number of amides is 1. The maximum absolute atomic E-state index is 11.8. The predicted molar refractivity (Wildman–Crippen MR) is 80.0 cm³/mol. The maximum atomic E-state index is 11.8. The van der Waals surface area contributed by atoms with E-state index >= 15 is 0 Å². The molecule has 1 amide bonds. The lowest BCUT2D eigenvalue weighted by molar-refractivity contribution is -0.114. The highest BCUT2D eigenvalue weighted by molar-refractivity contribution is 6.44. The molecule has 0 fully saturated rings. The van der Waals surface area contributed by atoms with Gasteiger partial charge in [0, 0.05) is 5.69 Å². The Bertz CT molecular complexity index is 573. The van der Waals surface area contributed by atoms with Crippen LogP contribution in [0.2, 0.25) is 10.0 Å². The number of benzene rings is 2. The zero-order valence-electron chi connectivity index (χ0n) is 9.99. The van der Waals surface area contributed by atoms with Crippen LogP contribution in [0.1, 0.15) is 0 Å². The molecule has 0 spiro atoms. The van der Waals surface area contributed by atoms with Crippen LogP contribution in [0.3, 0.4) is 0 Å². The van der Waals surface area contributed by atoms with Crippen molar-refractivity contribution in [1.29, 1.82) is 0 Å². The van der Waals surface area contributed by atoms with Crippen LogP contribution in [0, 0.1) is 0 Å². The minimum Gasteiger partial charge on any atom is -0.376 e. The maximum Gasteiger partial charge on any atom is 0.243 e. The zero-order valence-corrected chi connectivity index (χ0v) is 11.5. The first kappa shape index (κ1) is 13.7. The lowest BCUT2D eigenvalue weighted by atomic mass is 10.3. The number of carbonyl (C=O) groups excluding carboxylic acids is 1. The molecule has 0 saturated heterocycles. The van der Waals surface area contributed by atoms with Crippen molar-refractivity contribution >= 4 is 40.5 Å². The molecule has 0 unspecified atom stereocenters. The van der Waals surface area contributed by atoms with Crippen molar-refractivity contribution in [3.63, 3.8) is 0 Å². The van der Waals surface area contributed by atoms with Gasteiger partial charge in [-0.2, -0.15) is 0 Å². The summed E-state index contributed by atoms with van der Waals surface area (Å²) < 4.78 is 0. The van der Waals surface area contributed by atoms with E-state index in [2.05, 4.69) is 10.6 Å². The second-order valence-electron chi connectivity index (χ2n) is 3.87. The Balaban J connectivity index is 1.93. The first-order valence-corrected chi connectivity index (χ1v) is 6.45. The van der Waals surface area contributed by atoms with Gasteiger partial charge >= 0.3 is 0 Å². The van der Waals surface area contributed by atoms with E-state index in [1.165, 1.54) is 0 Å². The van der Waals surface area contributed by atoms with E-state index in [9.17, 15) is 4.79 Å². The summed E-state index contributed by atoms with van der Waals surface area (Å²) in [6.45, 7) is 0.160. The third kappa shape index (κ3) is 3.88. The number of hydrogen-bond acceptors (Lipinski definition) is 2. The summed E-state index contributed by atoms with van der Waals surface area (Å²) in [5.74, 6) is -0.187. The number of rotatable bonds is 4. The van der Waals surface area contributed by atoms with Crippen LogP contribution in [-0.2, 0) is 4.79 Å². The van der Waals surface area contributed by atoms with Crippen LogP contribution in [0.15, 0.2) is 48.5 Å². The largest absolute Gasteiger partial charge is 0.376 e. The van der Waals surface area contributed by atoms with E-state index < -0.39 is 0 Å². The van der Waals surface area contributed by atoms with Gasteiger partial charge in [-0.3, -0.25) is 4.79 Å². The van der Waals surface area contributed by atoms with Crippen LogP contribution in [0.5, 0.6) is 0 Å². The summed E-state index contributed by atoms with van der Waals surface area (Å²) >= 11 is 11.9. The first-order valence-electron chi connectivity index (χ1n) is 5.69. The Kier molecular flexibility index (Phi) is 4.66. The molecule has 2 N–H and O–H groups in total. The molecule has 19 heavy (non-hydrogen) atoms. The summed E-state index contributed by atoms with van der Waals surface area (Å²) in [7, 11) is 0. The van der Waals surface area contributed by atoms with Crippen molar-refractivity contribution < 1.29 is 4.79 Å². The average molecular weight is 295 g/mol. The zero-order chi connectivity index (χ0) is 13.7. The van der Waals surface area contributed by atoms with Gasteiger partial charge in [0.25, 0.3) is 0 Å². The van der Waals surface area contributed by atoms with Crippen molar-refractivity contribution in [2.24, 2.45) is 0 Å². The topological polar surface area (TPSA) is 41.1 Å². The highest BCUT2D eigenvalue weighted by Gasteiger charge is 2.07. The van der Waals surface area contributed by atoms with E-state index in [1.807, 2.05) is 30.3 Å². The fourth-order valence-corrected chi connectivity index (χ4v) is 1.88. The third-order valence-electron chi connectivity index (χ3n) is 2.45. The molecule has 5 heteroatoms. The van der Waals surface area contributed by atoms with Gasteiger partial charge in [0.2, 0.25) is 5.91 Å². The van der Waals surface area contributed by atoms with E-state index in [1.54, 1.807) is 18.2 Å². The van der Waals surface area contributed by atoms with Crippen molar-refractivity contribution in [2.45, 2.75) is 0 Å². The molecule has 0 aliphatic rings. The van der Waals surface area contributed by atoms with Gasteiger partial charge in [-0.1, -0.05) is 47.5 Å². The van der Waals surface area contributed by atoms with E-state index in [4.69, 9.17) is 23.2 Å². The van der Waals surface area contributed by atoms with Crippen molar-refractivity contribution in [3.05, 3.63) is 58.6 Å². The molecule has 0 aliphatic heterocycles. The minimum absolute atomic E-state index is 0.160. The number of nitrogens with one attached hydrogen (secondary N) is 2. The Morgan fingerprint density at radius 3 is 2.47 bits per heavy atom. The second-order valence-corrected chi connectivity index (χ2v) is 4.65. The fourth-order valence-electron chi connectivity index (χ4n) is 1.53. The van der Waals surface area contributed by atoms with E-state index in [-0.39, 0.29) is 12.5 Å². The third-order valence-corrected chi connectivity index (χ3v) is 3.27. The van der Waals surface area contributed by atoms with Gasteiger partial charge in [0.05, 0.1) is 22.3 Å². The highest BCUT2D eigenvalue weighted by Crippen LogP contribution is 2.29. The van der Waals surface area contributed by atoms with Crippen LogP contribution in [0.25, 0.3) is 0 Å². The molecule has 0 atom stereocenters. The van der Waals surface area contributed by atoms with Gasteiger partial charge in [0.1, 0.15) is 0 Å². The standard InChI is InChI=1S/C14H12Cl2N2O/c15-11-7-4-8-12(14(11)16)18-13(19)9-17-10-5-2-1-3-6-10/h1-8,17H,9H2,(H,18,19). The molecule has 0 radical (unpaired) electrons. The number of carbonyl (C=O) groups is 1. The summed E-state index contributed by atoms with van der Waals surface area (Å²) in [4.78, 5) is 11.8. The lowest BCUT2D eigenvalue weighted by Crippen LogP contribution is -2.21. The molecule has 0 aromatic heterocycles. The van der Waals surface area contributed by atoms with Crippen molar-refractivity contribution in [2.75, 3.05) is 17.2 Å². The van der Waals surface area contributed by atoms with Gasteiger partial charge in [-0.15, -0.1) is 0 Å². The number of halogens is 2. The monoisotopic (exact) mass is 294 g/mol. The van der Waals surface area contributed by atoms with Crippen molar-refractivity contribution in [1.82, 2.24) is 0 Å². The molecule has 0 aliphatic carbocycles. The number of para-hydroxylation sites is 1. The molecule has 2 rings (SSSR count). The SMILES string of the molecule is O=C(CNc1ccccc1)Nc1cccc(Cl)c1Cl. The Labute approximate surface area is 121 Å². The first-order chi connectivity index (χ1) is 9.16. The van der Waals surface area contributed by atoms with Crippen LogP contribution in [-0.4, -0.2) is 12.5 Å². The van der Waals surface area contributed by atoms with E-state index in [0.29, 0.717) is 15.7 Å². The molecular weight excluding hydrogens is 283 g/mol. The quantitative estimate of drug-likeness (QED) is 0.893. The molecule has 0 heterocycles. The highest BCUT2D eigenvalue weighted by atomic mass is 35.5. The van der Waals surface area contributed by atoms with Gasteiger partial charge in [0.15, 0.2) is 0 Å². The molecule has 2 aromatic carbocycles. The van der Waals surface area contributed by atoms with Gasteiger partial charge in [-0.05, 0) is 24.3 Å². The summed E-state index contributed by atoms with van der Waals surface area (Å²) in [6.07, 6.45) is 0.